The van der Waals surface area contributed by atoms with Crippen LogP contribution in [0.25, 0.3) is 5.69 Å². The van der Waals surface area contributed by atoms with E-state index < -0.39 is 0 Å². The van der Waals surface area contributed by atoms with Crippen molar-refractivity contribution in [1.29, 1.82) is 0 Å². The minimum absolute atomic E-state index is 0.117. The van der Waals surface area contributed by atoms with Crippen LogP contribution in [0.5, 0.6) is 11.5 Å². The molecule has 2 aliphatic rings. The highest BCUT2D eigenvalue weighted by atomic mass is 16.5. The van der Waals surface area contributed by atoms with Gasteiger partial charge in [-0.25, -0.2) is 0 Å². The standard InChI is InChI=1S/C31H38N4O4/c1-38-26-12-10-24(11-13-26)35-19-6-7-25(35)23-34-20-15-31(16-21-34)14-4-5-17-32-29(36)27-8-2-3-9-28(27)39-22-18-33-30(31)37/h2-3,6-13,19H,4-5,14-18,20-23H2,1H3,(H,32,36)(H,33,37). The predicted molar refractivity (Wildman–Crippen MR) is 150 cm³/mol. The number of rotatable bonds is 4. The van der Waals surface area contributed by atoms with E-state index >= 15 is 0 Å². The molecule has 0 unspecified atom stereocenters. The summed E-state index contributed by atoms with van der Waals surface area (Å²) < 4.78 is 13.4. The smallest absolute Gasteiger partial charge is 0.255 e. The quantitative estimate of drug-likeness (QED) is 0.529. The Morgan fingerprint density at radius 2 is 1.69 bits per heavy atom. The van der Waals surface area contributed by atoms with Gasteiger partial charge in [-0.1, -0.05) is 18.6 Å². The first-order valence-electron chi connectivity index (χ1n) is 13.9. The number of nitrogens with one attached hydrogen (secondary N) is 2. The Balaban J connectivity index is 1.21. The molecule has 2 amide bonds. The monoisotopic (exact) mass is 530 g/mol. The summed E-state index contributed by atoms with van der Waals surface area (Å²) in [5.74, 6) is 1.40. The zero-order valence-electron chi connectivity index (χ0n) is 22.7. The summed E-state index contributed by atoms with van der Waals surface area (Å²) in [4.78, 5) is 28.6. The first-order chi connectivity index (χ1) is 19.1. The van der Waals surface area contributed by atoms with Crippen LogP contribution in [0.1, 0.15) is 48.2 Å². The molecular formula is C31H38N4O4. The zero-order chi connectivity index (χ0) is 27.1. The van der Waals surface area contributed by atoms with Crippen LogP contribution in [0, 0.1) is 5.41 Å². The number of para-hydroxylation sites is 1. The second-order valence-electron chi connectivity index (χ2n) is 10.4. The number of benzene rings is 2. The summed E-state index contributed by atoms with van der Waals surface area (Å²) in [5.41, 5.74) is 2.47. The molecule has 8 heteroatoms. The van der Waals surface area contributed by atoms with Gasteiger partial charge in [0.25, 0.3) is 5.91 Å². The molecule has 1 aromatic heterocycles. The molecule has 2 N–H and O–H groups in total. The maximum absolute atomic E-state index is 13.5. The Morgan fingerprint density at radius 3 is 2.49 bits per heavy atom. The van der Waals surface area contributed by atoms with Gasteiger partial charge in [-0.3, -0.25) is 14.5 Å². The van der Waals surface area contributed by atoms with Crippen LogP contribution in [-0.4, -0.2) is 61.2 Å². The van der Waals surface area contributed by atoms with Gasteiger partial charge in [0.2, 0.25) is 5.91 Å². The van der Waals surface area contributed by atoms with Crippen molar-refractivity contribution in [3.8, 4) is 17.2 Å². The lowest BCUT2D eigenvalue weighted by Gasteiger charge is -2.41. The molecule has 5 rings (SSSR count). The molecule has 3 heterocycles. The van der Waals surface area contributed by atoms with Gasteiger partial charge >= 0.3 is 0 Å². The molecule has 206 valence electrons. The summed E-state index contributed by atoms with van der Waals surface area (Å²) >= 11 is 0. The molecule has 0 aliphatic carbocycles. The zero-order valence-corrected chi connectivity index (χ0v) is 22.7. The molecule has 3 aromatic rings. The molecule has 0 atom stereocenters. The average molecular weight is 531 g/mol. The highest BCUT2D eigenvalue weighted by Gasteiger charge is 2.40. The van der Waals surface area contributed by atoms with Crippen LogP contribution in [0.2, 0.25) is 0 Å². The lowest BCUT2D eigenvalue weighted by atomic mass is 9.73. The fourth-order valence-corrected chi connectivity index (χ4v) is 5.68. The first kappa shape index (κ1) is 26.8. The van der Waals surface area contributed by atoms with Crippen molar-refractivity contribution in [2.75, 3.05) is 39.9 Å². The predicted octanol–water partition coefficient (Wildman–Crippen LogP) is 4.18. The van der Waals surface area contributed by atoms with E-state index in [2.05, 4.69) is 50.6 Å². The molecule has 8 nitrogen and oxygen atoms in total. The van der Waals surface area contributed by atoms with Gasteiger partial charge in [0.1, 0.15) is 18.1 Å². The maximum atomic E-state index is 13.5. The number of hydrogen-bond donors (Lipinski definition) is 2. The Labute approximate surface area is 230 Å². The second kappa shape index (κ2) is 12.4. The van der Waals surface area contributed by atoms with Gasteiger partial charge in [0, 0.05) is 30.7 Å². The maximum Gasteiger partial charge on any atom is 0.255 e. The summed E-state index contributed by atoms with van der Waals surface area (Å²) in [7, 11) is 1.68. The molecule has 2 aromatic carbocycles. The van der Waals surface area contributed by atoms with E-state index in [1.807, 2.05) is 24.3 Å². The topological polar surface area (TPSA) is 84.8 Å². The number of likely N-dealkylation sites (tertiary alicyclic amines) is 1. The molecule has 1 fully saturated rings. The number of nitrogens with zero attached hydrogens (tertiary/aromatic N) is 2. The second-order valence-corrected chi connectivity index (χ2v) is 10.4. The van der Waals surface area contributed by atoms with Gasteiger partial charge in [0.05, 0.1) is 24.6 Å². The molecule has 2 aliphatic heterocycles. The fraction of sp³-hybridized carbons (Fsp3) is 0.419. The number of amides is 2. The van der Waals surface area contributed by atoms with E-state index in [0.717, 1.165) is 63.2 Å². The molecular weight excluding hydrogens is 492 g/mol. The first-order valence-corrected chi connectivity index (χ1v) is 13.9. The number of piperidine rings is 1. The number of hydrogen-bond acceptors (Lipinski definition) is 5. The van der Waals surface area contributed by atoms with E-state index in [9.17, 15) is 9.59 Å². The van der Waals surface area contributed by atoms with Crippen molar-refractivity contribution in [3.05, 3.63) is 78.1 Å². The van der Waals surface area contributed by atoms with E-state index in [1.165, 1.54) is 5.69 Å². The van der Waals surface area contributed by atoms with Gasteiger partial charge in [0.15, 0.2) is 0 Å². The Kier molecular flexibility index (Phi) is 8.51. The highest BCUT2D eigenvalue weighted by Crippen LogP contribution is 2.37. The van der Waals surface area contributed by atoms with Crippen molar-refractivity contribution in [2.24, 2.45) is 5.41 Å². The number of aromatic nitrogens is 1. The van der Waals surface area contributed by atoms with E-state index in [1.54, 1.807) is 19.2 Å². The average Bonchev–Trinajstić information content (AvgIpc) is 3.43. The van der Waals surface area contributed by atoms with Crippen LogP contribution >= 0.6 is 0 Å². The summed E-state index contributed by atoms with van der Waals surface area (Å²) in [5, 5.41) is 6.16. The number of fused-ring (bicyclic) bond motifs is 1. The number of carbonyl (C=O) groups is 2. The van der Waals surface area contributed by atoms with Crippen LogP contribution in [0.15, 0.2) is 66.9 Å². The molecule has 1 saturated heterocycles. The summed E-state index contributed by atoms with van der Waals surface area (Å²) in [6, 6.07) is 19.6. The van der Waals surface area contributed by atoms with Gasteiger partial charge < -0.3 is 24.7 Å². The molecule has 0 radical (unpaired) electrons. The van der Waals surface area contributed by atoms with Crippen LogP contribution < -0.4 is 20.1 Å². The third-order valence-electron chi connectivity index (χ3n) is 8.01. The van der Waals surface area contributed by atoms with Crippen LogP contribution in [0.4, 0.5) is 0 Å². The Hall–Kier alpha value is -3.78. The van der Waals surface area contributed by atoms with Gasteiger partial charge in [-0.15, -0.1) is 0 Å². The van der Waals surface area contributed by atoms with Crippen molar-refractivity contribution in [2.45, 2.75) is 38.6 Å². The number of carbonyl (C=O) groups excluding carboxylic acids is 2. The van der Waals surface area contributed by atoms with E-state index in [-0.39, 0.29) is 17.2 Å². The van der Waals surface area contributed by atoms with Crippen LogP contribution in [0.3, 0.4) is 0 Å². The number of ether oxygens (including phenoxy) is 2. The van der Waals surface area contributed by atoms with Crippen LogP contribution in [-0.2, 0) is 11.3 Å². The SMILES string of the molecule is COc1ccc(-n2cccc2CN2CCC3(CCCCNC(=O)c4ccccc4OCCNC3=O)CC2)cc1. The van der Waals surface area contributed by atoms with Gasteiger partial charge in [-0.2, -0.15) is 0 Å². The summed E-state index contributed by atoms with van der Waals surface area (Å²) in [6.45, 7) is 3.87. The third kappa shape index (κ3) is 6.28. The van der Waals surface area contributed by atoms with E-state index in [0.29, 0.717) is 31.0 Å². The van der Waals surface area contributed by atoms with Crippen molar-refractivity contribution >= 4 is 11.8 Å². The highest BCUT2D eigenvalue weighted by molar-refractivity contribution is 5.96. The van der Waals surface area contributed by atoms with Crippen molar-refractivity contribution in [3.63, 3.8) is 0 Å². The Bertz CT molecular complexity index is 1260. The fourth-order valence-electron chi connectivity index (χ4n) is 5.68. The summed E-state index contributed by atoms with van der Waals surface area (Å²) in [6.07, 6.45) is 6.28. The molecule has 0 bridgehead atoms. The minimum Gasteiger partial charge on any atom is -0.497 e. The van der Waals surface area contributed by atoms with Crippen molar-refractivity contribution in [1.82, 2.24) is 20.1 Å². The lowest BCUT2D eigenvalue weighted by Crippen LogP contribution is -2.49. The third-order valence-corrected chi connectivity index (χ3v) is 8.01. The van der Waals surface area contributed by atoms with Crippen molar-refractivity contribution < 1.29 is 19.1 Å². The lowest BCUT2D eigenvalue weighted by molar-refractivity contribution is -0.134. The minimum atomic E-state index is -0.388. The molecule has 0 saturated carbocycles. The van der Waals surface area contributed by atoms with E-state index in [4.69, 9.17) is 9.47 Å². The normalized spacial score (nSPS) is 18.8. The number of methoxy groups -OCH3 is 1. The Morgan fingerprint density at radius 1 is 0.897 bits per heavy atom. The molecule has 39 heavy (non-hydrogen) atoms. The molecule has 1 spiro atoms. The largest absolute Gasteiger partial charge is 0.497 e. The van der Waals surface area contributed by atoms with Gasteiger partial charge in [-0.05, 0) is 87.3 Å².